The SMILES string of the molecule is CC(C)CCn1c(SCC(=O)Nc2cccc(N3CCCC3=O)c2)nc2cc(Cl)ccc2c1=O. The lowest BCUT2D eigenvalue weighted by Crippen LogP contribution is -2.25. The molecule has 9 heteroatoms. The van der Waals surface area contributed by atoms with Crippen LogP contribution < -0.4 is 15.8 Å². The van der Waals surface area contributed by atoms with Gasteiger partial charge in [0.1, 0.15) is 0 Å². The molecule has 0 bridgehead atoms. The van der Waals surface area contributed by atoms with E-state index in [0.717, 1.165) is 18.5 Å². The number of carbonyl (C=O) groups excluding carboxylic acids is 2. The maximum absolute atomic E-state index is 13.1. The van der Waals surface area contributed by atoms with Crippen LogP contribution in [0, 0.1) is 5.92 Å². The summed E-state index contributed by atoms with van der Waals surface area (Å²) in [5.74, 6) is 0.392. The number of hydrogen-bond donors (Lipinski definition) is 1. The Balaban J connectivity index is 1.51. The molecule has 0 saturated carbocycles. The monoisotopic (exact) mass is 498 g/mol. The molecule has 0 aliphatic carbocycles. The summed E-state index contributed by atoms with van der Waals surface area (Å²) in [6.07, 6.45) is 2.21. The minimum atomic E-state index is -0.217. The zero-order valence-corrected chi connectivity index (χ0v) is 20.8. The number of benzene rings is 2. The third-order valence-electron chi connectivity index (χ3n) is 5.66. The first kappa shape index (κ1) is 24.3. The van der Waals surface area contributed by atoms with Crippen LogP contribution in [0.25, 0.3) is 10.9 Å². The van der Waals surface area contributed by atoms with Crippen molar-refractivity contribution in [2.45, 2.75) is 44.8 Å². The average Bonchev–Trinajstić information content (AvgIpc) is 3.23. The first-order valence-corrected chi connectivity index (χ1v) is 12.7. The van der Waals surface area contributed by atoms with Gasteiger partial charge in [0.2, 0.25) is 11.8 Å². The second-order valence-electron chi connectivity index (χ2n) is 8.73. The minimum Gasteiger partial charge on any atom is -0.325 e. The van der Waals surface area contributed by atoms with Gasteiger partial charge in [0, 0.05) is 35.9 Å². The van der Waals surface area contributed by atoms with Crippen molar-refractivity contribution in [1.82, 2.24) is 9.55 Å². The van der Waals surface area contributed by atoms with Gasteiger partial charge in [-0.25, -0.2) is 4.98 Å². The molecule has 0 atom stereocenters. The summed E-state index contributed by atoms with van der Waals surface area (Å²) in [5.41, 5.74) is 1.79. The van der Waals surface area contributed by atoms with Crippen LogP contribution in [-0.4, -0.2) is 33.7 Å². The Kier molecular flexibility index (Phi) is 7.58. The van der Waals surface area contributed by atoms with Crippen LogP contribution >= 0.6 is 23.4 Å². The zero-order valence-electron chi connectivity index (χ0n) is 19.2. The fourth-order valence-electron chi connectivity index (χ4n) is 3.87. The van der Waals surface area contributed by atoms with E-state index in [-0.39, 0.29) is 23.1 Å². The normalized spacial score (nSPS) is 13.8. The van der Waals surface area contributed by atoms with Crippen LogP contribution in [0.1, 0.15) is 33.1 Å². The van der Waals surface area contributed by atoms with Crippen molar-refractivity contribution in [1.29, 1.82) is 0 Å². The van der Waals surface area contributed by atoms with Gasteiger partial charge >= 0.3 is 0 Å². The predicted octanol–water partition coefficient (Wildman–Crippen LogP) is 4.95. The second-order valence-corrected chi connectivity index (χ2v) is 10.1. The molecule has 2 amide bonds. The van der Waals surface area contributed by atoms with E-state index in [9.17, 15) is 14.4 Å². The molecule has 178 valence electrons. The Hall–Kier alpha value is -2.84. The van der Waals surface area contributed by atoms with E-state index in [4.69, 9.17) is 11.6 Å². The number of nitrogens with zero attached hydrogens (tertiary/aromatic N) is 3. The maximum Gasteiger partial charge on any atom is 0.262 e. The van der Waals surface area contributed by atoms with Crippen LogP contribution in [0.2, 0.25) is 5.02 Å². The van der Waals surface area contributed by atoms with E-state index in [0.29, 0.717) is 52.2 Å². The van der Waals surface area contributed by atoms with E-state index in [1.807, 2.05) is 12.1 Å². The molecule has 1 aliphatic rings. The van der Waals surface area contributed by atoms with Gasteiger partial charge in [-0.3, -0.25) is 19.0 Å². The lowest BCUT2D eigenvalue weighted by molar-refractivity contribution is -0.117. The van der Waals surface area contributed by atoms with Crippen molar-refractivity contribution in [3.8, 4) is 0 Å². The van der Waals surface area contributed by atoms with Crippen LogP contribution in [-0.2, 0) is 16.1 Å². The Labute approximate surface area is 207 Å². The standard InChI is InChI=1S/C25H27ClN4O3S/c1-16(2)10-12-30-24(33)20-9-8-17(26)13-21(20)28-25(30)34-15-22(31)27-18-5-3-6-19(14-18)29-11-4-7-23(29)32/h3,5-6,8-9,13-14,16H,4,7,10-12,15H2,1-2H3,(H,27,31). The van der Waals surface area contributed by atoms with Crippen LogP contribution in [0.4, 0.5) is 11.4 Å². The molecule has 1 aliphatic heterocycles. The van der Waals surface area contributed by atoms with Crippen molar-refractivity contribution in [2.24, 2.45) is 5.92 Å². The number of aromatic nitrogens is 2. The van der Waals surface area contributed by atoms with Crippen molar-refractivity contribution < 1.29 is 9.59 Å². The Morgan fingerprint density at radius 1 is 1.21 bits per heavy atom. The molecule has 0 radical (unpaired) electrons. The number of halogens is 1. The average molecular weight is 499 g/mol. The maximum atomic E-state index is 13.1. The number of amides is 2. The largest absolute Gasteiger partial charge is 0.325 e. The fraction of sp³-hybridized carbons (Fsp3) is 0.360. The molecule has 1 fully saturated rings. The summed E-state index contributed by atoms with van der Waals surface area (Å²) in [4.78, 5) is 44.3. The smallest absolute Gasteiger partial charge is 0.262 e. The third kappa shape index (κ3) is 5.62. The summed E-state index contributed by atoms with van der Waals surface area (Å²) in [7, 11) is 0. The summed E-state index contributed by atoms with van der Waals surface area (Å²) in [6, 6.07) is 12.3. The summed E-state index contributed by atoms with van der Waals surface area (Å²) in [6.45, 7) is 5.42. The molecule has 1 N–H and O–H groups in total. The number of fused-ring (bicyclic) bond motifs is 1. The van der Waals surface area contributed by atoms with Crippen molar-refractivity contribution >= 4 is 57.5 Å². The molecule has 34 heavy (non-hydrogen) atoms. The Morgan fingerprint density at radius 3 is 2.76 bits per heavy atom. The van der Waals surface area contributed by atoms with Gasteiger partial charge in [-0.1, -0.05) is 43.3 Å². The Bertz CT molecular complexity index is 1290. The van der Waals surface area contributed by atoms with Crippen LogP contribution in [0.5, 0.6) is 0 Å². The van der Waals surface area contributed by atoms with Crippen LogP contribution in [0.3, 0.4) is 0 Å². The highest BCUT2D eigenvalue weighted by molar-refractivity contribution is 7.99. The first-order valence-electron chi connectivity index (χ1n) is 11.3. The van der Waals surface area contributed by atoms with Gasteiger partial charge < -0.3 is 10.2 Å². The number of nitrogens with one attached hydrogen (secondary N) is 1. The molecular weight excluding hydrogens is 472 g/mol. The van der Waals surface area contributed by atoms with E-state index in [2.05, 4.69) is 24.1 Å². The summed E-state index contributed by atoms with van der Waals surface area (Å²) < 4.78 is 1.65. The number of thioether (sulfide) groups is 1. The molecule has 0 spiro atoms. The highest BCUT2D eigenvalue weighted by Crippen LogP contribution is 2.25. The van der Waals surface area contributed by atoms with Gasteiger partial charge in [-0.05, 0) is 55.2 Å². The lowest BCUT2D eigenvalue weighted by Gasteiger charge is -2.17. The van der Waals surface area contributed by atoms with Gasteiger partial charge in [0.05, 0.1) is 16.7 Å². The molecule has 1 saturated heterocycles. The molecule has 4 rings (SSSR count). The number of carbonyl (C=O) groups is 2. The van der Waals surface area contributed by atoms with Crippen molar-refractivity contribution in [3.63, 3.8) is 0 Å². The lowest BCUT2D eigenvalue weighted by atomic mass is 10.1. The molecule has 2 heterocycles. The van der Waals surface area contributed by atoms with E-state index in [1.165, 1.54) is 11.8 Å². The van der Waals surface area contributed by atoms with Gasteiger partial charge in [0.25, 0.3) is 5.56 Å². The molecule has 2 aromatic carbocycles. The van der Waals surface area contributed by atoms with Gasteiger partial charge in [-0.15, -0.1) is 0 Å². The quantitative estimate of drug-likeness (QED) is 0.351. The zero-order chi connectivity index (χ0) is 24.2. The van der Waals surface area contributed by atoms with Crippen LogP contribution in [0.15, 0.2) is 52.4 Å². The predicted molar refractivity (Wildman–Crippen MR) is 138 cm³/mol. The highest BCUT2D eigenvalue weighted by Gasteiger charge is 2.22. The first-order chi connectivity index (χ1) is 16.3. The highest BCUT2D eigenvalue weighted by atomic mass is 35.5. The second kappa shape index (κ2) is 10.6. The number of hydrogen-bond acceptors (Lipinski definition) is 5. The molecular formula is C25H27ClN4O3S. The molecule has 1 aromatic heterocycles. The molecule has 7 nitrogen and oxygen atoms in total. The van der Waals surface area contributed by atoms with Crippen molar-refractivity contribution in [2.75, 3.05) is 22.5 Å². The topological polar surface area (TPSA) is 84.3 Å². The number of anilines is 2. The van der Waals surface area contributed by atoms with E-state index < -0.39 is 0 Å². The number of rotatable bonds is 8. The van der Waals surface area contributed by atoms with Gasteiger partial charge in [0.15, 0.2) is 5.16 Å². The van der Waals surface area contributed by atoms with E-state index >= 15 is 0 Å². The summed E-state index contributed by atoms with van der Waals surface area (Å²) >= 11 is 7.33. The Morgan fingerprint density at radius 2 is 2.03 bits per heavy atom. The fourth-order valence-corrected chi connectivity index (χ4v) is 4.86. The molecule has 0 unspecified atom stereocenters. The van der Waals surface area contributed by atoms with E-state index in [1.54, 1.807) is 39.8 Å². The third-order valence-corrected chi connectivity index (χ3v) is 6.87. The summed E-state index contributed by atoms with van der Waals surface area (Å²) in [5, 5.41) is 4.39. The van der Waals surface area contributed by atoms with Crippen molar-refractivity contribution in [3.05, 3.63) is 57.8 Å². The molecule has 3 aromatic rings. The van der Waals surface area contributed by atoms with Gasteiger partial charge in [-0.2, -0.15) is 0 Å². The minimum absolute atomic E-state index is 0.0903.